The Hall–Kier alpha value is -1.18. The molecule has 4 nitrogen and oxygen atoms in total. The van der Waals surface area contributed by atoms with Crippen molar-refractivity contribution in [2.45, 2.75) is 31.9 Å². The number of rotatable bonds is 3. The van der Waals surface area contributed by atoms with Gasteiger partial charge in [-0.25, -0.2) is 0 Å². The van der Waals surface area contributed by atoms with Gasteiger partial charge in [0.15, 0.2) is 0 Å². The first kappa shape index (κ1) is 14.9. The van der Waals surface area contributed by atoms with Crippen LogP contribution in [0.2, 0.25) is 0 Å². The Bertz CT molecular complexity index is 353. The maximum Gasteiger partial charge on any atom is 0.399 e. The van der Waals surface area contributed by atoms with E-state index < -0.39 is 35.4 Å². The highest BCUT2D eigenvalue weighted by molar-refractivity contribution is 7.80. The molecule has 0 bridgehead atoms. The predicted molar refractivity (Wildman–Crippen MR) is 61.5 cm³/mol. The van der Waals surface area contributed by atoms with Crippen LogP contribution in [0, 0.1) is 5.92 Å². The third kappa shape index (κ3) is 3.66. The smallest absolute Gasteiger partial charge is 0.393 e. The van der Waals surface area contributed by atoms with Crippen LogP contribution < -0.4 is 5.73 Å². The highest BCUT2D eigenvalue weighted by atomic mass is 32.1. The van der Waals surface area contributed by atoms with Crippen LogP contribution in [0.3, 0.4) is 0 Å². The number of thiocarbonyl (C=S) groups is 1. The predicted octanol–water partition coefficient (Wildman–Crippen LogP) is 1.38. The van der Waals surface area contributed by atoms with Gasteiger partial charge in [0.2, 0.25) is 11.8 Å². The third-order valence-electron chi connectivity index (χ3n) is 2.74. The normalized spacial score (nSPS) is 19.6. The average Bonchev–Trinajstić information content (AvgIpc) is 2.36. The monoisotopic (exact) mass is 282 g/mol. The lowest BCUT2D eigenvalue weighted by Gasteiger charge is -2.26. The Morgan fingerprint density at radius 1 is 1.28 bits per heavy atom. The van der Waals surface area contributed by atoms with Crippen LogP contribution in [-0.2, 0) is 9.59 Å². The number of nitrogens with zero attached hydrogens (tertiary/aromatic N) is 1. The largest absolute Gasteiger partial charge is 0.399 e. The first-order chi connectivity index (χ1) is 8.23. The molecule has 8 heteroatoms. The van der Waals surface area contributed by atoms with E-state index in [-0.39, 0.29) is 12.8 Å². The van der Waals surface area contributed by atoms with Crippen molar-refractivity contribution in [1.82, 2.24) is 4.90 Å². The van der Waals surface area contributed by atoms with E-state index in [0.717, 1.165) is 0 Å². The van der Waals surface area contributed by atoms with E-state index in [1.54, 1.807) is 0 Å². The van der Waals surface area contributed by atoms with Crippen molar-refractivity contribution in [3.8, 4) is 0 Å². The molecule has 0 aromatic heterocycles. The van der Waals surface area contributed by atoms with Gasteiger partial charge in [0.05, 0.1) is 4.99 Å². The molecule has 1 atom stereocenters. The number of hydrogen-bond acceptors (Lipinski definition) is 3. The van der Waals surface area contributed by atoms with Crippen LogP contribution in [0.1, 0.15) is 25.7 Å². The first-order valence-electron chi connectivity index (χ1n) is 5.42. The van der Waals surface area contributed by atoms with Crippen LogP contribution >= 0.6 is 12.2 Å². The molecule has 0 radical (unpaired) electrons. The standard InChI is InChI=1S/C10H13F3N2O2S/c11-10(12,13)6(9(14)18)5-15-7(16)3-1-2-4-8(15)17/h6H,1-5H2,(H2,14,18). The van der Waals surface area contributed by atoms with Crippen molar-refractivity contribution in [3.63, 3.8) is 0 Å². The third-order valence-corrected chi connectivity index (χ3v) is 3.02. The number of alkyl halides is 3. The molecule has 1 heterocycles. The number of halogens is 3. The van der Waals surface area contributed by atoms with Crippen LogP contribution in [-0.4, -0.2) is 34.4 Å². The van der Waals surface area contributed by atoms with Gasteiger partial charge in [-0.1, -0.05) is 12.2 Å². The summed E-state index contributed by atoms with van der Waals surface area (Å²) < 4.78 is 38.0. The fraction of sp³-hybridized carbons (Fsp3) is 0.700. The molecule has 0 aromatic carbocycles. The molecule has 1 fully saturated rings. The molecule has 0 spiro atoms. The van der Waals surface area contributed by atoms with E-state index >= 15 is 0 Å². The van der Waals surface area contributed by atoms with Gasteiger partial charge in [-0.2, -0.15) is 13.2 Å². The number of hydrogen-bond donors (Lipinski definition) is 1. The lowest BCUT2D eigenvalue weighted by Crippen LogP contribution is -2.47. The lowest BCUT2D eigenvalue weighted by atomic mass is 10.1. The molecule has 1 aliphatic rings. The van der Waals surface area contributed by atoms with Gasteiger partial charge in [0.1, 0.15) is 5.92 Å². The number of likely N-dealkylation sites (tertiary alicyclic amines) is 1. The molecule has 102 valence electrons. The number of nitrogens with two attached hydrogens (primary N) is 1. The Balaban J connectivity index is 2.87. The quantitative estimate of drug-likeness (QED) is 0.627. The van der Waals surface area contributed by atoms with E-state index in [1.165, 1.54) is 0 Å². The topological polar surface area (TPSA) is 63.4 Å². The van der Waals surface area contributed by atoms with E-state index in [2.05, 4.69) is 12.2 Å². The van der Waals surface area contributed by atoms with E-state index in [1.807, 2.05) is 0 Å². The number of imide groups is 1. The molecule has 2 N–H and O–H groups in total. The van der Waals surface area contributed by atoms with Gasteiger partial charge in [0.25, 0.3) is 0 Å². The second-order valence-electron chi connectivity index (χ2n) is 4.10. The minimum absolute atomic E-state index is 0.0770. The van der Waals surface area contributed by atoms with Crippen LogP contribution in [0.25, 0.3) is 0 Å². The molecule has 0 aliphatic carbocycles. The molecular weight excluding hydrogens is 269 g/mol. The van der Waals surface area contributed by atoms with Crippen molar-refractivity contribution in [1.29, 1.82) is 0 Å². The molecule has 1 saturated heterocycles. The second-order valence-corrected chi connectivity index (χ2v) is 4.57. The average molecular weight is 282 g/mol. The van der Waals surface area contributed by atoms with Gasteiger partial charge < -0.3 is 5.73 Å². The summed E-state index contributed by atoms with van der Waals surface area (Å²) in [5, 5.41) is 0. The van der Waals surface area contributed by atoms with Crippen LogP contribution in [0.4, 0.5) is 13.2 Å². The van der Waals surface area contributed by atoms with Crippen molar-refractivity contribution in [3.05, 3.63) is 0 Å². The zero-order valence-electron chi connectivity index (χ0n) is 9.50. The second kappa shape index (κ2) is 5.64. The summed E-state index contributed by atoms with van der Waals surface area (Å²) in [6.07, 6.45) is -3.49. The highest BCUT2D eigenvalue weighted by Crippen LogP contribution is 2.28. The van der Waals surface area contributed by atoms with Gasteiger partial charge in [-0.05, 0) is 12.8 Å². The van der Waals surface area contributed by atoms with Gasteiger partial charge in [0, 0.05) is 19.4 Å². The summed E-state index contributed by atoms with van der Waals surface area (Å²) >= 11 is 4.35. The van der Waals surface area contributed by atoms with Gasteiger partial charge >= 0.3 is 6.18 Å². The van der Waals surface area contributed by atoms with Crippen molar-refractivity contribution in [2.24, 2.45) is 11.7 Å². The fourth-order valence-electron chi connectivity index (χ4n) is 1.70. The molecule has 1 unspecified atom stereocenters. The van der Waals surface area contributed by atoms with Gasteiger partial charge in [-0.15, -0.1) is 0 Å². The molecule has 0 aromatic rings. The maximum atomic E-state index is 12.7. The van der Waals surface area contributed by atoms with E-state index in [9.17, 15) is 22.8 Å². The Morgan fingerprint density at radius 3 is 2.06 bits per heavy atom. The molecule has 1 rings (SSSR count). The van der Waals surface area contributed by atoms with E-state index in [4.69, 9.17) is 5.73 Å². The summed E-state index contributed by atoms with van der Waals surface area (Å²) in [4.78, 5) is 23.0. The van der Waals surface area contributed by atoms with E-state index in [0.29, 0.717) is 17.7 Å². The molecule has 2 amide bonds. The number of amides is 2. The SMILES string of the molecule is NC(=S)C(CN1C(=O)CCCCC1=O)C(F)(F)F. The summed E-state index contributed by atoms with van der Waals surface area (Å²) in [6.45, 7) is -0.809. The summed E-state index contributed by atoms with van der Waals surface area (Å²) in [7, 11) is 0. The van der Waals surface area contributed by atoms with Crippen molar-refractivity contribution >= 4 is 29.0 Å². The maximum absolute atomic E-state index is 12.7. The minimum atomic E-state index is -4.65. The van der Waals surface area contributed by atoms with Crippen molar-refractivity contribution in [2.75, 3.05) is 6.54 Å². The molecular formula is C10H13F3N2O2S. The van der Waals surface area contributed by atoms with Crippen molar-refractivity contribution < 1.29 is 22.8 Å². The summed E-state index contributed by atoms with van der Waals surface area (Å²) in [5.74, 6) is -3.33. The van der Waals surface area contributed by atoms with Crippen LogP contribution in [0.15, 0.2) is 0 Å². The summed E-state index contributed by atoms with van der Waals surface area (Å²) in [6, 6.07) is 0. The first-order valence-corrected chi connectivity index (χ1v) is 5.83. The number of carbonyl (C=O) groups is 2. The molecule has 1 aliphatic heterocycles. The number of carbonyl (C=O) groups excluding carboxylic acids is 2. The highest BCUT2D eigenvalue weighted by Gasteiger charge is 2.44. The zero-order valence-corrected chi connectivity index (χ0v) is 10.3. The Kier molecular flexibility index (Phi) is 4.66. The Labute approximate surface area is 107 Å². The molecule has 0 saturated carbocycles. The lowest BCUT2D eigenvalue weighted by molar-refractivity contribution is -0.165. The Morgan fingerprint density at radius 2 is 1.72 bits per heavy atom. The minimum Gasteiger partial charge on any atom is -0.393 e. The zero-order chi connectivity index (χ0) is 13.9. The summed E-state index contributed by atoms with van der Waals surface area (Å²) in [5.41, 5.74) is 5.03. The van der Waals surface area contributed by atoms with Gasteiger partial charge in [-0.3, -0.25) is 14.5 Å². The molecule has 18 heavy (non-hydrogen) atoms. The van der Waals surface area contributed by atoms with Crippen LogP contribution in [0.5, 0.6) is 0 Å². The fourth-order valence-corrected chi connectivity index (χ4v) is 1.91.